The fourth-order valence-corrected chi connectivity index (χ4v) is 2.82. The first-order valence-corrected chi connectivity index (χ1v) is 8.31. The fraction of sp³-hybridized carbons (Fsp3) is 0.778. The Balaban J connectivity index is 4.14. The first kappa shape index (κ1) is 18.4. The van der Waals surface area contributed by atoms with Crippen molar-refractivity contribution in [1.82, 2.24) is 0 Å². The van der Waals surface area contributed by atoms with E-state index in [9.17, 15) is 0 Å². The molecule has 0 bridgehead atoms. The monoisotopic (exact) mass is 266 g/mol. The zero-order valence-electron chi connectivity index (χ0n) is 13.5. The summed E-state index contributed by atoms with van der Waals surface area (Å²) < 4.78 is 1.18. The van der Waals surface area contributed by atoms with Crippen LogP contribution in [0.15, 0.2) is 25.3 Å². The Bertz CT molecular complexity index is 210. The molecule has 1 nitrogen and oxygen atoms in total. The summed E-state index contributed by atoms with van der Waals surface area (Å²) in [6.07, 6.45) is 15.1. The lowest BCUT2D eigenvalue weighted by molar-refractivity contribution is -0.917. The van der Waals surface area contributed by atoms with E-state index in [1.165, 1.54) is 68.9 Å². The Morgan fingerprint density at radius 2 is 1.16 bits per heavy atom. The minimum Gasteiger partial charge on any atom is -0.317 e. The SMILES string of the molecule is C=CC[N+](CC=C)(CCCC)CCCCCCCC. The van der Waals surface area contributed by atoms with Crippen molar-refractivity contribution in [2.75, 3.05) is 26.2 Å². The molecular formula is C18H36N+. The van der Waals surface area contributed by atoms with Gasteiger partial charge in [-0.2, -0.15) is 0 Å². The maximum Gasteiger partial charge on any atom is 0.0973 e. The Morgan fingerprint density at radius 3 is 1.68 bits per heavy atom. The van der Waals surface area contributed by atoms with Gasteiger partial charge in [0.1, 0.15) is 0 Å². The standard InChI is InChI=1S/C18H36N/c1-5-9-11-12-13-14-18-19(15-7-3,16-8-4)17-10-6-2/h7-8H,3-6,9-18H2,1-2H3/q+1. The third kappa shape index (κ3) is 9.04. The van der Waals surface area contributed by atoms with Crippen molar-refractivity contribution >= 4 is 0 Å². The molecule has 0 aromatic carbocycles. The highest BCUT2D eigenvalue weighted by molar-refractivity contribution is 4.72. The Kier molecular flexibility index (Phi) is 12.1. The van der Waals surface area contributed by atoms with Gasteiger partial charge in [0.25, 0.3) is 0 Å². The van der Waals surface area contributed by atoms with Gasteiger partial charge in [0.15, 0.2) is 0 Å². The van der Waals surface area contributed by atoms with E-state index in [2.05, 4.69) is 39.2 Å². The molecule has 0 radical (unpaired) electrons. The van der Waals surface area contributed by atoms with Gasteiger partial charge in [-0.3, -0.25) is 0 Å². The molecule has 0 rings (SSSR count). The van der Waals surface area contributed by atoms with Crippen molar-refractivity contribution in [2.45, 2.75) is 65.2 Å². The number of rotatable bonds is 14. The molecule has 0 aliphatic rings. The van der Waals surface area contributed by atoms with Crippen LogP contribution in [0.2, 0.25) is 0 Å². The summed E-state index contributed by atoms with van der Waals surface area (Å²) in [4.78, 5) is 0. The normalized spacial score (nSPS) is 11.5. The van der Waals surface area contributed by atoms with Crippen LogP contribution < -0.4 is 0 Å². The quantitative estimate of drug-likeness (QED) is 0.226. The van der Waals surface area contributed by atoms with Gasteiger partial charge in [-0.1, -0.05) is 59.1 Å². The van der Waals surface area contributed by atoms with E-state index in [1.807, 2.05) is 0 Å². The maximum atomic E-state index is 3.95. The van der Waals surface area contributed by atoms with Gasteiger partial charge in [0, 0.05) is 0 Å². The second-order valence-corrected chi connectivity index (χ2v) is 5.85. The highest BCUT2D eigenvalue weighted by Gasteiger charge is 2.22. The molecule has 112 valence electrons. The van der Waals surface area contributed by atoms with E-state index in [-0.39, 0.29) is 0 Å². The summed E-state index contributed by atoms with van der Waals surface area (Å²) in [6, 6.07) is 0. The van der Waals surface area contributed by atoms with Gasteiger partial charge in [-0.25, -0.2) is 0 Å². The van der Waals surface area contributed by atoms with E-state index in [4.69, 9.17) is 0 Å². The molecule has 0 saturated heterocycles. The second kappa shape index (κ2) is 12.5. The molecule has 1 heteroatoms. The molecule has 0 aromatic rings. The van der Waals surface area contributed by atoms with Crippen LogP contribution in [0.5, 0.6) is 0 Å². The van der Waals surface area contributed by atoms with Crippen LogP contribution in [0, 0.1) is 0 Å². The van der Waals surface area contributed by atoms with Crippen LogP contribution in [-0.4, -0.2) is 30.7 Å². The summed E-state index contributed by atoms with van der Waals surface area (Å²) in [5.41, 5.74) is 0. The molecule has 0 spiro atoms. The van der Waals surface area contributed by atoms with Crippen molar-refractivity contribution in [1.29, 1.82) is 0 Å². The molecule has 0 aliphatic carbocycles. The van der Waals surface area contributed by atoms with E-state index in [0.717, 1.165) is 13.1 Å². The molecule has 19 heavy (non-hydrogen) atoms. The van der Waals surface area contributed by atoms with Gasteiger partial charge in [-0.15, -0.1) is 0 Å². The minimum absolute atomic E-state index is 1.10. The van der Waals surface area contributed by atoms with Crippen molar-refractivity contribution < 1.29 is 4.48 Å². The Labute approximate surface area is 122 Å². The number of nitrogens with zero attached hydrogens (tertiary/aromatic N) is 1. The summed E-state index contributed by atoms with van der Waals surface area (Å²) in [7, 11) is 0. The number of hydrogen-bond acceptors (Lipinski definition) is 0. The highest BCUT2D eigenvalue weighted by Crippen LogP contribution is 2.14. The zero-order valence-corrected chi connectivity index (χ0v) is 13.5. The first-order valence-electron chi connectivity index (χ1n) is 8.31. The molecule has 0 amide bonds. The number of hydrogen-bond donors (Lipinski definition) is 0. The van der Waals surface area contributed by atoms with Gasteiger partial charge in [0.05, 0.1) is 26.2 Å². The molecule has 0 heterocycles. The molecule has 0 aromatic heterocycles. The van der Waals surface area contributed by atoms with Crippen LogP contribution >= 0.6 is 0 Å². The Morgan fingerprint density at radius 1 is 0.684 bits per heavy atom. The van der Waals surface area contributed by atoms with Crippen LogP contribution in [-0.2, 0) is 0 Å². The van der Waals surface area contributed by atoms with Gasteiger partial charge in [0.2, 0.25) is 0 Å². The largest absolute Gasteiger partial charge is 0.317 e. The molecular weight excluding hydrogens is 230 g/mol. The van der Waals surface area contributed by atoms with Gasteiger partial charge in [-0.05, 0) is 31.4 Å². The summed E-state index contributed by atoms with van der Waals surface area (Å²) in [6.45, 7) is 17.2. The van der Waals surface area contributed by atoms with Crippen LogP contribution in [0.3, 0.4) is 0 Å². The van der Waals surface area contributed by atoms with E-state index < -0.39 is 0 Å². The smallest absolute Gasteiger partial charge is 0.0973 e. The van der Waals surface area contributed by atoms with Crippen molar-refractivity contribution in [3.05, 3.63) is 25.3 Å². The summed E-state index contributed by atoms with van der Waals surface area (Å²) in [5.74, 6) is 0. The van der Waals surface area contributed by atoms with Crippen LogP contribution in [0.1, 0.15) is 65.2 Å². The summed E-state index contributed by atoms with van der Waals surface area (Å²) in [5, 5.41) is 0. The average Bonchev–Trinajstić information content (AvgIpc) is 2.41. The molecule has 0 unspecified atom stereocenters. The van der Waals surface area contributed by atoms with E-state index in [1.54, 1.807) is 0 Å². The number of quaternary nitrogens is 1. The molecule has 0 fully saturated rings. The zero-order chi connectivity index (χ0) is 14.4. The topological polar surface area (TPSA) is 0 Å². The third-order valence-electron chi connectivity index (χ3n) is 4.00. The lowest BCUT2D eigenvalue weighted by Gasteiger charge is -2.37. The predicted molar refractivity (Wildman–Crippen MR) is 88.4 cm³/mol. The summed E-state index contributed by atoms with van der Waals surface area (Å²) >= 11 is 0. The van der Waals surface area contributed by atoms with Crippen LogP contribution in [0.4, 0.5) is 0 Å². The number of unbranched alkanes of at least 4 members (excludes halogenated alkanes) is 6. The molecule has 0 N–H and O–H groups in total. The van der Waals surface area contributed by atoms with Crippen molar-refractivity contribution in [2.24, 2.45) is 0 Å². The van der Waals surface area contributed by atoms with E-state index in [0.29, 0.717) is 0 Å². The van der Waals surface area contributed by atoms with Gasteiger partial charge < -0.3 is 4.48 Å². The third-order valence-corrected chi connectivity index (χ3v) is 4.00. The Hall–Kier alpha value is -0.560. The van der Waals surface area contributed by atoms with Crippen LogP contribution in [0.25, 0.3) is 0 Å². The van der Waals surface area contributed by atoms with E-state index >= 15 is 0 Å². The average molecular weight is 266 g/mol. The van der Waals surface area contributed by atoms with Crippen molar-refractivity contribution in [3.8, 4) is 0 Å². The molecule has 0 atom stereocenters. The lowest BCUT2D eigenvalue weighted by Crippen LogP contribution is -2.49. The van der Waals surface area contributed by atoms with Gasteiger partial charge >= 0.3 is 0 Å². The lowest BCUT2D eigenvalue weighted by atomic mass is 10.1. The minimum atomic E-state index is 1.10. The molecule has 0 aliphatic heterocycles. The maximum absolute atomic E-state index is 3.95. The molecule has 0 saturated carbocycles. The predicted octanol–water partition coefficient (Wildman–Crippen LogP) is 5.34. The highest BCUT2D eigenvalue weighted by atomic mass is 15.3. The first-order chi connectivity index (χ1) is 9.24. The second-order valence-electron chi connectivity index (χ2n) is 5.85. The van der Waals surface area contributed by atoms with Crippen molar-refractivity contribution in [3.63, 3.8) is 0 Å². The fourth-order valence-electron chi connectivity index (χ4n) is 2.82.